The zero-order chi connectivity index (χ0) is 22.8. The van der Waals surface area contributed by atoms with Crippen LogP contribution in [-0.4, -0.2) is 33.5 Å². The number of aromatic carboxylic acids is 1. The second-order valence-electron chi connectivity index (χ2n) is 5.44. The Morgan fingerprint density at radius 2 is 1.80 bits per heavy atom. The third-order valence-corrected chi connectivity index (χ3v) is 3.75. The van der Waals surface area contributed by atoms with E-state index in [2.05, 4.69) is 10.1 Å². The predicted molar refractivity (Wildman–Crippen MR) is 93.0 cm³/mol. The van der Waals surface area contributed by atoms with Crippen molar-refractivity contribution in [3.05, 3.63) is 61.1 Å². The second-order valence-corrected chi connectivity index (χ2v) is 5.85. The quantitative estimate of drug-likeness (QED) is 0.328. The van der Waals surface area contributed by atoms with Crippen molar-refractivity contribution in [2.75, 3.05) is 5.32 Å². The zero-order valence-electron chi connectivity index (χ0n) is 14.1. The fourth-order valence-corrected chi connectivity index (χ4v) is 2.31. The maximum absolute atomic E-state index is 13.1. The average Bonchev–Trinajstić information content (AvgIpc) is 2.63. The van der Waals surface area contributed by atoms with E-state index in [-0.39, 0.29) is 5.69 Å². The highest BCUT2D eigenvalue weighted by Crippen LogP contribution is 2.38. The maximum atomic E-state index is 13.1. The molecule has 0 aliphatic rings. The summed E-state index contributed by atoms with van der Waals surface area (Å²) < 4.78 is 54.9. The number of non-ortho nitro benzene ring substituents is 1. The molecule has 0 atom stereocenters. The number of hydrogen-bond donors (Lipinski definition) is 2. The Hall–Kier alpha value is -3.68. The molecule has 30 heavy (non-hydrogen) atoms. The van der Waals surface area contributed by atoms with Crippen LogP contribution in [0.15, 0.2) is 30.3 Å². The first-order valence-corrected chi connectivity index (χ1v) is 7.83. The number of benzene rings is 2. The molecule has 0 aromatic heterocycles. The van der Waals surface area contributed by atoms with Gasteiger partial charge in [0.15, 0.2) is 0 Å². The van der Waals surface area contributed by atoms with Gasteiger partial charge in [-0.2, -0.15) is 17.6 Å². The monoisotopic (exact) mass is 453 g/mol. The summed E-state index contributed by atoms with van der Waals surface area (Å²) in [5, 5.41) is 33.1. The van der Waals surface area contributed by atoms with Gasteiger partial charge in [-0.05, 0) is 12.1 Å². The van der Waals surface area contributed by atoms with Crippen LogP contribution in [0.2, 0.25) is 5.02 Å². The van der Waals surface area contributed by atoms with Crippen molar-refractivity contribution in [1.82, 2.24) is 0 Å². The molecule has 0 aliphatic heterocycles. The number of nitro groups is 2. The highest BCUT2D eigenvalue weighted by molar-refractivity contribution is 6.32. The summed E-state index contributed by atoms with van der Waals surface area (Å²) in [5.41, 5.74) is -3.84. The molecule has 0 saturated heterocycles. The summed E-state index contributed by atoms with van der Waals surface area (Å²) in [6.45, 7) is 0. The third-order valence-electron chi connectivity index (χ3n) is 3.44. The van der Waals surface area contributed by atoms with E-state index in [4.69, 9.17) is 11.6 Å². The van der Waals surface area contributed by atoms with Crippen LogP contribution in [0.3, 0.4) is 0 Å². The van der Waals surface area contributed by atoms with E-state index < -0.39 is 61.7 Å². The zero-order valence-corrected chi connectivity index (χ0v) is 14.9. The number of nitrogens with one attached hydrogen (secondary N) is 1. The standard InChI is InChI=1S/C15H8ClF4N3O7/c16-9-2-1-6(3-11(9)30-15(19,20)14(17)18)21-12-8(13(24)25)4-7(22(26)27)5-10(12)23(28)29/h1-5,14,21H,(H,24,25). The van der Waals surface area contributed by atoms with E-state index in [0.29, 0.717) is 18.2 Å². The van der Waals surface area contributed by atoms with Crippen molar-refractivity contribution in [1.29, 1.82) is 0 Å². The smallest absolute Gasteiger partial charge is 0.461 e. The van der Waals surface area contributed by atoms with Crippen molar-refractivity contribution in [2.45, 2.75) is 12.5 Å². The summed E-state index contributed by atoms with van der Waals surface area (Å²) in [6, 6.07) is 3.64. The average molecular weight is 454 g/mol. The minimum absolute atomic E-state index is 0.320. The Kier molecular flexibility index (Phi) is 6.30. The molecule has 0 amide bonds. The molecule has 0 spiro atoms. The van der Waals surface area contributed by atoms with Crippen LogP contribution >= 0.6 is 11.6 Å². The summed E-state index contributed by atoms with van der Waals surface area (Å²) in [4.78, 5) is 31.4. The Labute approximate surface area is 167 Å². The van der Waals surface area contributed by atoms with Gasteiger partial charge in [-0.25, -0.2) is 4.79 Å². The van der Waals surface area contributed by atoms with Gasteiger partial charge in [-0.1, -0.05) is 11.6 Å². The van der Waals surface area contributed by atoms with Crippen LogP contribution in [0.5, 0.6) is 5.75 Å². The molecule has 15 heteroatoms. The number of carboxylic acid groups (broad SMARTS) is 1. The van der Waals surface area contributed by atoms with E-state index in [9.17, 15) is 47.7 Å². The highest BCUT2D eigenvalue weighted by atomic mass is 35.5. The molecule has 0 aliphatic carbocycles. The SMILES string of the molecule is O=C(O)c1cc([N+](=O)[O-])cc([N+](=O)[O-])c1Nc1ccc(Cl)c(OC(F)(F)C(F)F)c1. The number of alkyl halides is 4. The van der Waals surface area contributed by atoms with Crippen molar-refractivity contribution in [2.24, 2.45) is 0 Å². The van der Waals surface area contributed by atoms with Crippen LogP contribution in [0, 0.1) is 20.2 Å². The van der Waals surface area contributed by atoms with Crippen molar-refractivity contribution >= 4 is 40.3 Å². The summed E-state index contributed by atoms with van der Waals surface area (Å²) in [7, 11) is 0. The number of carboxylic acids is 1. The van der Waals surface area contributed by atoms with Crippen LogP contribution in [0.1, 0.15) is 10.4 Å². The largest absolute Gasteiger partial charge is 0.478 e. The number of rotatable bonds is 8. The molecule has 2 rings (SSSR count). The topological polar surface area (TPSA) is 145 Å². The van der Waals surface area contributed by atoms with Gasteiger partial charge in [0.25, 0.3) is 11.4 Å². The molecule has 0 fully saturated rings. The van der Waals surface area contributed by atoms with E-state index in [1.54, 1.807) is 0 Å². The number of anilines is 2. The summed E-state index contributed by atoms with van der Waals surface area (Å²) >= 11 is 5.62. The lowest BCUT2D eigenvalue weighted by Gasteiger charge is -2.18. The highest BCUT2D eigenvalue weighted by Gasteiger charge is 2.44. The molecule has 2 N–H and O–H groups in total. The fourth-order valence-electron chi connectivity index (χ4n) is 2.16. The molecule has 0 heterocycles. The third kappa shape index (κ3) is 4.83. The minimum atomic E-state index is -4.91. The number of nitro benzene ring substituents is 2. The van der Waals surface area contributed by atoms with Crippen LogP contribution in [0.4, 0.5) is 40.3 Å². The molecule has 0 unspecified atom stereocenters. The fraction of sp³-hybridized carbons (Fsp3) is 0.133. The van der Waals surface area contributed by atoms with E-state index in [1.165, 1.54) is 0 Å². The van der Waals surface area contributed by atoms with Crippen molar-refractivity contribution < 1.29 is 42.0 Å². The van der Waals surface area contributed by atoms with E-state index >= 15 is 0 Å². The first-order valence-electron chi connectivity index (χ1n) is 7.45. The maximum Gasteiger partial charge on any atom is 0.461 e. The molecular weight excluding hydrogens is 446 g/mol. The number of hydrogen-bond acceptors (Lipinski definition) is 7. The number of ether oxygens (including phenoxy) is 1. The molecule has 0 bridgehead atoms. The summed E-state index contributed by atoms with van der Waals surface area (Å²) in [6.07, 6.45) is -9.10. The summed E-state index contributed by atoms with van der Waals surface area (Å²) in [5.74, 6) is -2.72. The van der Waals surface area contributed by atoms with Gasteiger partial charge in [-0.3, -0.25) is 20.2 Å². The minimum Gasteiger partial charge on any atom is -0.478 e. The predicted octanol–water partition coefficient (Wildman–Crippen LogP) is 4.83. The number of halogens is 5. The molecule has 160 valence electrons. The van der Waals surface area contributed by atoms with Gasteiger partial charge in [0, 0.05) is 17.8 Å². The molecule has 0 radical (unpaired) electrons. The van der Waals surface area contributed by atoms with E-state index in [0.717, 1.165) is 12.1 Å². The second kappa shape index (κ2) is 8.36. The van der Waals surface area contributed by atoms with Gasteiger partial charge in [-0.15, -0.1) is 0 Å². The lowest BCUT2D eigenvalue weighted by molar-refractivity contribution is -0.393. The normalized spacial score (nSPS) is 11.3. The molecular formula is C15H8ClF4N3O7. The van der Waals surface area contributed by atoms with Crippen LogP contribution in [-0.2, 0) is 0 Å². The molecule has 2 aromatic carbocycles. The van der Waals surface area contributed by atoms with Crippen LogP contribution in [0.25, 0.3) is 0 Å². The van der Waals surface area contributed by atoms with Gasteiger partial charge in [0.2, 0.25) is 0 Å². The Bertz CT molecular complexity index is 1000. The van der Waals surface area contributed by atoms with Gasteiger partial charge in [0.05, 0.1) is 26.5 Å². The molecule has 10 nitrogen and oxygen atoms in total. The first kappa shape index (κ1) is 22.6. The molecule has 2 aromatic rings. The van der Waals surface area contributed by atoms with Gasteiger partial charge in [0.1, 0.15) is 11.4 Å². The number of carbonyl (C=O) groups is 1. The Balaban J connectivity index is 2.57. The van der Waals surface area contributed by atoms with Crippen molar-refractivity contribution in [3.8, 4) is 5.75 Å². The Morgan fingerprint density at radius 3 is 2.30 bits per heavy atom. The number of nitrogens with zero attached hydrogens (tertiary/aromatic N) is 2. The molecule has 0 saturated carbocycles. The Morgan fingerprint density at radius 1 is 1.17 bits per heavy atom. The lowest BCUT2D eigenvalue weighted by atomic mass is 10.1. The first-order chi connectivity index (χ1) is 13.8. The van der Waals surface area contributed by atoms with Crippen molar-refractivity contribution in [3.63, 3.8) is 0 Å². The van der Waals surface area contributed by atoms with Crippen LogP contribution < -0.4 is 10.1 Å². The van der Waals surface area contributed by atoms with Gasteiger partial charge < -0.3 is 15.2 Å². The lowest BCUT2D eigenvalue weighted by Crippen LogP contribution is -2.33. The van der Waals surface area contributed by atoms with Gasteiger partial charge >= 0.3 is 18.5 Å². The van der Waals surface area contributed by atoms with E-state index in [1.807, 2.05) is 0 Å².